The summed E-state index contributed by atoms with van der Waals surface area (Å²) in [5.41, 5.74) is -0.889. The first-order chi connectivity index (χ1) is 15.0. The van der Waals surface area contributed by atoms with Crippen LogP contribution in [0.5, 0.6) is 0 Å². The zero-order valence-electron chi connectivity index (χ0n) is 18.3. The zero-order valence-corrected chi connectivity index (χ0v) is 18.3. The van der Waals surface area contributed by atoms with Crippen molar-refractivity contribution in [2.45, 2.75) is 62.4 Å². The number of likely N-dealkylation sites (tertiary alicyclic amines) is 1. The van der Waals surface area contributed by atoms with Crippen LogP contribution in [-0.2, 0) is 35.9 Å². The molecule has 9 nitrogen and oxygen atoms in total. The third-order valence-corrected chi connectivity index (χ3v) is 7.55. The summed E-state index contributed by atoms with van der Waals surface area (Å²) in [7, 11) is 1.71. The fourth-order valence-electron chi connectivity index (χ4n) is 5.38. The second kappa shape index (κ2) is 8.18. The quantitative estimate of drug-likeness (QED) is 0.703. The van der Waals surface area contributed by atoms with Crippen molar-refractivity contribution in [3.05, 3.63) is 18.2 Å². The largest absolute Gasteiger partial charge is 0.378 e. The smallest absolute Gasteiger partial charge is 0.253 e. The van der Waals surface area contributed by atoms with Gasteiger partial charge >= 0.3 is 0 Å². The fraction of sp³-hybridized carbons (Fsp3) is 0.773. The number of rotatable bonds is 4. The van der Waals surface area contributed by atoms with Crippen LogP contribution >= 0.6 is 0 Å². The van der Waals surface area contributed by atoms with Crippen LogP contribution in [-0.4, -0.2) is 89.4 Å². The van der Waals surface area contributed by atoms with E-state index in [0.717, 1.165) is 25.1 Å². The van der Waals surface area contributed by atoms with Crippen molar-refractivity contribution in [2.75, 3.05) is 46.5 Å². The maximum atomic E-state index is 13.1. The second-order valence-electron chi connectivity index (χ2n) is 9.24. The molecule has 1 spiro atoms. The number of amides is 2. The Labute approximate surface area is 182 Å². The number of piperidine rings is 1. The summed E-state index contributed by atoms with van der Waals surface area (Å²) >= 11 is 0. The lowest BCUT2D eigenvalue weighted by atomic mass is 9.77. The van der Waals surface area contributed by atoms with E-state index in [2.05, 4.69) is 9.55 Å². The lowest BCUT2D eigenvalue weighted by molar-refractivity contribution is -0.186. The van der Waals surface area contributed by atoms with Crippen molar-refractivity contribution in [1.82, 2.24) is 19.4 Å². The number of nitrogens with zero attached hydrogens (tertiary/aromatic N) is 4. The molecule has 2 amide bonds. The summed E-state index contributed by atoms with van der Waals surface area (Å²) in [5, 5.41) is 0. The Kier molecular flexibility index (Phi) is 5.52. The summed E-state index contributed by atoms with van der Waals surface area (Å²) < 4.78 is 19.6. The summed E-state index contributed by atoms with van der Waals surface area (Å²) in [6, 6.07) is 0. The predicted molar refractivity (Wildman–Crippen MR) is 110 cm³/mol. The Bertz CT molecular complexity index is 816. The van der Waals surface area contributed by atoms with Gasteiger partial charge in [-0.25, -0.2) is 4.98 Å². The number of imidazole rings is 1. The van der Waals surface area contributed by atoms with Gasteiger partial charge in [-0.2, -0.15) is 0 Å². The van der Waals surface area contributed by atoms with E-state index in [1.54, 1.807) is 13.3 Å². The highest BCUT2D eigenvalue weighted by molar-refractivity contribution is 5.81. The van der Waals surface area contributed by atoms with Gasteiger partial charge in [-0.1, -0.05) is 0 Å². The maximum absolute atomic E-state index is 13.1. The van der Waals surface area contributed by atoms with Crippen molar-refractivity contribution in [3.63, 3.8) is 0 Å². The average molecular weight is 433 g/mol. The molecular weight excluding hydrogens is 400 g/mol. The predicted octanol–water partition coefficient (Wildman–Crippen LogP) is 0.918. The van der Waals surface area contributed by atoms with Gasteiger partial charge in [0.05, 0.1) is 31.8 Å². The molecule has 2 saturated heterocycles. The molecule has 4 heterocycles. The first-order valence-electron chi connectivity index (χ1n) is 11.4. The highest BCUT2D eigenvalue weighted by Crippen LogP contribution is 2.42. The van der Waals surface area contributed by atoms with Crippen LogP contribution < -0.4 is 0 Å². The van der Waals surface area contributed by atoms with Gasteiger partial charge in [-0.05, 0) is 19.3 Å². The van der Waals surface area contributed by atoms with E-state index in [4.69, 9.17) is 14.2 Å². The minimum absolute atomic E-state index is 0.0209. The van der Waals surface area contributed by atoms with E-state index < -0.39 is 11.7 Å². The van der Waals surface area contributed by atoms with Crippen LogP contribution in [0.1, 0.15) is 44.3 Å². The number of aromatic nitrogens is 2. The minimum Gasteiger partial charge on any atom is -0.378 e. The average Bonchev–Trinajstić information content (AvgIpc) is 3.26. The molecule has 1 saturated carbocycles. The normalized spacial score (nSPS) is 26.9. The number of carbonyl (C=O) groups excluding carboxylic acids is 2. The van der Waals surface area contributed by atoms with Gasteiger partial charge < -0.3 is 28.6 Å². The number of hydrogen-bond acceptors (Lipinski definition) is 6. The van der Waals surface area contributed by atoms with Crippen molar-refractivity contribution in [1.29, 1.82) is 0 Å². The summed E-state index contributed by atoms with van der Waals surface area (Å²) in [6.45, 7) is 4.03. The van der Waals surface area contributed by atoms with Gasteiger partial charge in [0.1, 0.15) is 11.4 Å². The standard InChI is InChI=1S/C22H32N4O5/c1-29-21(3-2-4-21)15-18(27)24-8-5-22(6-9-24)20-23-7-10-26(20)16-17(31-22)19(28)25-11-13-30-14-12-25/h7,10,17H,2-6,8-9,11-16H2,1H3. The van der Waals surface area contributed by atoms with E-state index in [1.165, 1.54) is 0 Å². The van der Waals surface area contributed by atoms with Gasteiger partial charge in [-0.3, -0.25) is 9.59 Å². The molecule has 1 aromatic heterocycles. The summed E-state index contributed by atoms with van der Waals surface area (Å²) in [5.74, 6) is 1.04. The zero-order chi connectivity index (χ0) is 21.5. The Balaban J connectivity index is 1.28. The highest BCUT2D eigenvalue weighted by Gasteiger charge is 2.49. The van der Waals surface area contributed by atoms with Crippen molar-refractivity contribution in [2.24, 2.45) is 0 Å². The Morgan fingerprint density at radius 3 is 2.52 bits per heavy atom. The monoisotopic (exact) mass is 432 g/mol. The van der Waals surface area contributed by atoms with Crippen LogP contribution in [0.25, 0.3) is 0 Å². The first kappa shape index (κ1) is 20.9. The third kappa shape index (κ3) is 3.76. The van der Waals surface area contributed by atoms with E-state index in [0.29, 0.717) is 65.2 Å². The molecule has 0 N–H and O–H groups in total. The summed E-state index contributed by atoms with van der Waals surface area (Å²) in [4.78, 5) is 34.4. The maximum Gasteiger partial charge on any atom is 0.253 e. The molecule has 0 bridgehead atoms. The fourth-order valence-corrected chi connectivity index (χ4v) is 5.38. The van der Waals surface area contributed by atoms with E-state index in [9.17, 15) is 9.59 Å². The Hall–Kier alpha value is -1.97. The number of morpholine rings is 1. The number of fused-ring (bicyclic) bond motifs is 2. The molecule has 31 heavy (non-hydrogen) atoms. The number of ether oxygens (including phenoxy) is 3. The molecular formula is C22H32N4O5. The van der Waals surface area contributed by atoms with Crippen LogP contribution in [0, 0.1) is 0 Å². The molecule has 1 aromatic rings. The molecule has 1 aliphatic carbocycles. The molecule has 170 valence electrons. The molecule has 0 radical (unpaired) electrons. The van der Waals surface area contributed by atoms with Gasteiger partial charge in [-0.15, -0.1) is 0 Å². The van der Waals surface area contributed by atoms with Crippen molar-refractivity contribution >= 4 is 11.8 Å². The lowest BCUT2D eigenvalue weighted by Gasteiger charge is -2.47. The number of carbonyl (C=O) groups is 2. The van der Waals surface area contributed by atoms with Gasteiger partial charge in [0, 0.05) is 58.5 Å². The van der Waals surface area contributed by atoms with Crippen LogP contribution in [0.15, 0.2) is 12.4 Å². The lowest BCUT2D eigenvalue weighted by Crippen LogP contribution is -2.56. The van der Waals surface area contributed by atoms with Crippen LogP contribution in [0.4, 0.5) is 0 Å². The molecule has 1 unspecified atom stereocenters. The molecule has 9 heteroatoms. The van der Waals surface area contributed by atoms with Gasteiger partial charge in [0.25, 0.3) is 5.91 Å². The van der Waals surface area contributed by atoms with Gasteiger partial charge in [0.15, 0.2) is 6.10 Å². The molecule has 3 aliphatic heterocycles. The first-order valence-corrected chi connectivity index (χ1v) is 11.4. The van der Waals surface area contributed by atoms with Crippen molar-refractivity contribution in [3.8, 4) is 0 Å². The van der Waals surface area contributed by atoms with Crippen molar-refractivity contribution < 1.29 is 23.8 Å². The summed E-state index contributed by atoms with van der Waals surface area (Å²) in [6.07, 6.45) is 7.94. The molecule has 0 aromatic carbocycles. The Morgan fingerprint density at radius 2 is 1.87 bits per heavy atom. The van der Waals surface area contributed by atoms with Crippen LogP contribution in [0.3, 0.4) is 0 Å². The second-order valence-corrected chi connectivity index (χ2v) is 9.24. The molecule has 3 fully saturated rings. The SMILES string of the molecule is COC1(CC(=O)N2CCC3(CC2)OC(C(=O)N2CCOCC2)Cn2ccnc23)CCC1. The molecule has 5 rings (SSSR count). The highest BCUT2D eigenvalue weighted by atomic mass is 16.5. The van der Waals surface area contributed by atoms with Gasteiger partial charge in [0.2, 0.25) is 5.91 Å². The van der Waals surface area contributed by atoms with E-state index in [1.807, 2.05) is 16.0 Å². The Morgan fingerprint density at radius 1 is 1.13 bits per heavy atom. The molecule has 4 aliphatic rings. The third-order valence-electron chi connectivity index (χ3n) is 7.55. The van der Waals surface area contributed by atoms with E-state index >= 15 is 0 Å². The van der Waals surface area contributed by atoms with E-state index in [-0.39, 0.29) is 17.4 Å². The topological polar surface area (TPSA) is 86.1 Å². The minimum atomic E-state index is -0.624. The van der Waals surface area contributed by atoms with Crippen LogP contribution in [0.2, 0.25) is 0 Å². The number of methoxy groups -OCH3 is 1. The molecule has 1 atom stereocenters. The number of hydrogen-bond donors (Lipinski definition) is 0.